The fourth-order valence-corrected chi connectivity index (χ4v) is 4.45. The number of anilines is 1. The highest BCUT2D eigenvalue weighted by molar-refractivity contribution is 5.94. The van der Waals surface area contributed by atoms with Crippen LogP contribution in [0.3, 0.4) is 0 Å². The molecule has 0 aromatic heterocycles. The fraction of sp³-hybridized carbons (Fsp3) is 0.269. The second-order valence-corrected chi connectivity index (χ2v) is 8.32. The van der Waals surface area contributed by atoms with Crippen molar-refractivity contribution in [2.24, 2.45) is 0 Å². The molecule has 1 fully saturated rings. The number of carbonyl (C=O) groups is 1. The summed E-state index contributed by atoms with van der Waals surface area (Å²) < 4.78 is 38.5. The minimum absolute atomic E-state index is 0.123. The van der Waals surface area contributed by atoms with Crippen LogP contribution in [0.2, 0.25) is 0 Å². The molecule has 1 amide bonds. The first-order valence-corrected chi connectivity index (χ1v) is 11.3. The van der Waals surface area contributed by atoms with E-state index in [1.807, 2.05) is 29.2 Å². The second-order valence-electron chi connectivity index (χ2n) is 8.32. The maximum atomic E-state index is 14.3. The van der Waals surface area contributed by atoms with Gasteiger partial charge in [-0.2, -0.15) is 0 Å². The number of rotatable bonds is 6. The molecule has 2 aliphatic heterocycles. The van der Waals surface area contributed by atoms with E-state index in [0.29, 0.717) is 55.5 Å². The van der Waals surface area contributed by atoms with Crippen LogP contribution in [-0.2, 0) is 0 Å². The molecule has 0 unspecified atom stereocenters. The van der Waals surface area contributed by atoms with Gasteiger partial charge in [-0.05, 0) is 54.1 Å². The number of halogens is 2. The molecule has 34 heavy (non-hydrogen) atoms. The predicted octanol–water partition coefficient (Wildman–Crippen LogP) is 3.99. The first-order valence-electron chi connectivity index (χ1n) is 11.3. The lowest BCUT2D eigenvalue weighted by atomic mass is 10.0. The van der Waals surface area contributed by atoms with Gasteiger partial charge in [0.05, 0.1) is 11.7 Å². The van der Waals surface area contributed by atoms with Gasteiger partial charge in [-0.3, -0.25) is 9.69 Å². The molecule has 1 N–H and O–H groups in total. The Bertz CT molecular complexity index is 1160. The summed E-state index contributed by atoms with van der Waals surface area (Å²) >= 11 is 0. The van der Waals surface area contributed by atoms with Gasteiger partial charge in [0.25, 0.3) is 5.91 Å². The van der Waals surface area contributed by atoms with Crippen molar-refractivity contribution < 1.29 is 23.0 Å². The van der Waals surface area contributed by atoms with Crippen molar-refractivity contribution in [1.29, 1.82) is 0 Å². The van der Waals surface area contributed by atoms with Crippen molar-refractivity contribution >= 4 is 11.6 Å². The van der Waals surface area contributed by atoms with Gasteiger partial charge in [0.1, 0.15) is 11.6 Å². The zero-order valence-corrected chi connectivity index (χ0v) is 18.5. The summed E-state index contributed by atoms with van der Waals surface area (Å²) in [6.45, 7) is 3.25. The third kappa shape index (κ3) is 4.68. The third-order valence-corrected chi connectivity index (χ3v) is 6.29. The number of benzene rings is 3. The van der Waals surface area contributed by atoms with Crippen molar-refractivity contribution in [2.75, 3.05) is 44.4 Å². The number of hydrogen-bond donors (Lipinski definition) is 1. The molecule has 2 aliphatic rings. The Kier molecular flexibility index (Phi) is 6.31. The van der Waals surface area contributed by atoms with Crippen LogP contribution in [0.5, 0.6) is 11.5 Å². The smallest absolute Gasteiger partial charge is 0.251 e. The predicted molar refractivity (Wildman–Crippen MR) is 124 cm³/mol. The molecule has 1 atom stereocenters. The number of ether oxygens (including phenoxy) is 2. The van der Waals surface area contributed by atoms with Crippen LogP contribution < -0.4 is 19.7 Å². The lowest BCUT2D eigenvalue weighted by molar-refractivity contribution is 0.0930. The molecule has 0 radical (unpaired) electrons. The Morgan fingerprint density at radius 2 is 1.65 bits per heavy atom. The van der Waals surface area contributed by atoms with Crippen LogP contribution in [0.4, 0.5) is 14.5 Å². The minimum atomic E-state index is -0.387. The molecular formula is C26H25F2N3O3. The zero-order valence-electron chi connectivity index (χ0n) is 18.5. The molecule has 6 nitrogen and oxygen atoms in total. The third-order valence-electron chi connectivity index (χ3n) is 6.29. The van der Waals surface area contributed by atoms with E-state index in [1.54, 1.807) is 12.1 Å². The second kappa shape index (κ2) is 9.69. The van der Waals surface area contributed by atoms with Gasteiger partial charge < -0.3 is 19.7 Å². The number of piperazine rings is 1. The highest BCUT2D eigenvalue weighted by Gasteiger charge is 2.28. The van der Waals surface area contributed by atoms with Crippen molar-refractivity contribution in [3.8, 4) is 11.5 Å². The summed E-state index contributed by atoms with van der Waals surface area (Å²) in [5.74, 6) is 0.493. The quantitative estimate of drug-likeness (QED) is 0.597. The molecule has 176 valence electrons. The zero-order chi connectivity index (χ0) is 23.5. The van der Waals surface area contributed by atoms with Gasteiger partial charge in [-0.1, -0.05) is 18.2 Å². The molecule has 0 saturated carbocycles. The number of nitrogens with one attached hydrogen (secondary N) is 1. The maximum Gasteiger partial charge on any atom is 0.251 e. The topological polar surface area (TPSA) is 54.0 Å². The van der Waals surface area contributed by atoms with Gasteiger partial charge in [0.2, 0.25) is 6.79 Å². The van der Waals surface area contributed by atoms with Crippen molar-refractivity contribution in [3.63, 3.8) is 0 Å². The number of para-hydroxylation sites is 1. The van der Waals surface area contributed by atoms with E-state index in [-0.39, 0.29) is 30.4 Å². The lowest BCUT2D eigenvalue weighted by Crippen LogP contribution is -2.50. The van der Waals surface area contributed by atoms with E-state index in [1.165, 1.54) is 30.3 Å². The maximum absolute atomic E-state index is 14.3. The van der Waals surface area contributed by atoms with Crippen LogP contribution in [0.25, 0.3) is 0 Å². The van der Waals surface area contributed by atoms with Crippen molar-refractivity contribution in [3.05, 3.63) is 89.5 Å². The van der Waals surface area contributed by atoms with E-state index in [0.717, 1.165) is 5.56 Å². The molecule has 2 heterocycles. The number of hydrogen-bond acceptors (Lipinski definition) is 5. The molecule has 0 bridgehead atoms. The summed E-state index contributed by atoms with van der Waals surface area (Å²) in [6.07, 6.45) is 0. The largest absolute Gasteiger partial charge is 0.454 e. The summed E-state index contributed by atoms with van der Waals surface area (Å²) in [4.78, 5) is 17.0. The van der Waals surface area contributed by atoms with Gasteiger partial charge in [-0.25, -0.2) is 8.78 Å². The van der Waals surface area contributed by atoms with Crippen LogP contribution in [0.1, 0.15) is 22.0 Å². The number of amides is 1. The number of nitrogens with zero attached hydrogens (tertiary/aromatic N) is 2. The molecule has 0 aliphatic carbocycles. The Morgan fingerprint density at radius 1 is 0.912 bits per heavy atom. The first kappa shape index (κ1) is 22.2. The van der Waals surface area contributed by atoms with E-state index >= 15 is 0 Å². The highest BCUT2D eigenvalue weighted by atomic mass is 19.1. The normalized spacial score (nSPS) is 16.4. The molecule has 3 aromatic rings. The van der Waals surface area contributed by atoms with E-state index in [9.17, 15) is 13.6 Å². The molecule has 3 aromatic carbocycles. The Balaban J connectivity index is 1.32. The number of carbonyl (C=O) groups excluding carboxylic acids is 1. The van der Waals surface area contributed by atoms with Gasteiger partial charge in [0, 0.05) is 38.3 Å². The minimum Gasteiger partial charge on any atom is -0.454 e. The number of fused-ring (bicyclic) bond motifs is 1. The summed E-state index contributed by atoms with van der Waals surface area (Å²) in [7, 11) is 0. The average Bonchev–Trinajstić information content (AvgIpc) is 3.33. The molecule has 1 saturated heterocycles. The van der Waals surface area contributed by atoms with Crippen LogP contribution in [0, 0.1) is 11.6 Å². The Hall–Kier alpha value is -3.65. The van der Waals surface area contributed by atoms with E-state index < -0.39 is 0 Å². The van der Waals surface area contributed by atoms with Crippen LogP contribution in [-0.4, -0.2) is 50.3 Å². The molecule has 5 rings (SSSR count). The molecule has 0 spiro atoms. The van der Waals surface area contributed by atoms with Crippen molar-refractivity contribution in [2.45, 2.75) is 6.04 Å². The van der Waals surface area contributed by atoms with Crippen molar-refractivity contribution in [1.82, 2.24) is 10.2 Å². The van der Waals surface area contributed by atoms with Crippen LogP contribution in [0.15, 0.2) is 66.7 Å². The molecule has 8 heteroatoms. The summed E-state index contributed by atoms with van der Waals surface area (Å²) in [5, 5.41) is 2.99. The standard InChI is InChI=1S/C26H25F2N3O3/c27-20-8-5-18(6-9-20)26(32)29-16-23(19-7-10-24-25(15-19)34-17-33-24)31-13-11-30(12-14-31)22-4-2-1-3-21(22)28/h1-10,15,23H,11-14,16-17H2,(H,29,32)/t23-/m1/s1. The Morgan fingerprint density at radius 3 is 2.41 bits per heavy atom. The van der Waals surface area contributed by atoms with Gasteiger partial charge in [-0.15, -0.1) is 0 Å². The fourth-order valence-electron chi connectivity index (χ4n) is 4.45. The van der Waals surface area contributed by atoms with E-state index in [4.69, 9.17) is 9.47 Å². The monoisotopic (exact) mass is 465 g/mol. The molecular weight excluding hydrogens is 440 g/mol. The highest BCUT2D eigenvalue weighted by Crippen LogP contribution is 2.36. The summed E-state index contributed by atoms with van der Waals surface area (Å²) in [6, 6.07) is 17.9. The van der Waals surface area contributed by atoms with Crippen LogP contribution >= 0.6 is 0 Å². The SMILES string of the molecule is O=C(NC[C@H](c1ccc2c(c1)OCO2)N1CCN(c2ccccc2F)CC1)c1ccc(F)cc1. The average molecular weight is 466 g/mol. The van der Waals surface area contributed by atoms with E-state index in [2.05, 4.69) is 10.2 Å². The first-order chi connectivity index (χ1) is 16.6. The van der Waals surface area contributed by atoms with Gasteiger partial charge in [0.15, 0.2) is 11.5 Å². The summed E-state index contributed by atoms with van der Waals surface area (Å²) in [5.41, 5.74) is 1.99. The van der Waals surface area contributed by atoms with Gasteiger partial charge >= 0.3 is 0 Å². The lowest BCUT2D eigenvalue weighted by Gasteiger charge is -2.40. The Labute approximate surface area is 196 Å².